The van der Waals surface area contributed by atoms with Gasteiger partial charge in [-0.3, -0.25) is 4.79 Å². The van der Waals surface area contributed by atoms with Gasteiger partial charge < -0.3 is 0 Å². The van der Waals surface area contributed by atoms with Crippen LogP contribution >= 0.6 is 11.3 Å². The van der Waals surface area contributed by atoms with Crippen molar-refractivity contribution in [1.82, 2.24) is 4.98 Å². The second kappa shape index (κ2) is 4.22. The largest absolute Gasteiger partial charge is 0.296 e. The Hall–Kier alpha value is -0.700. The van der Waals surface area contributed by atoms with Crippen LogP contribution in [0.1, 0.15) is 54.0 Å². The first kappa shape index (κ1) is 9.84. The summed E-state index contributed by atoms with van der Waals surface area (Å²) in [4.78, 5) is 14.9. The molecule has 0 aliphatic heterocycles. The topological polar surface area (TPSA) is 30.0 Å². The maximum absolute atomic E-state index is 10.5. The summed E-state index contributed by atoms with van der Waals surface area (Å²) in [6.45, 7) is 2.30. The number of carbonyl (C=O) groups is 1. The molecule has 0 amide bonds. The van der Waals surface area contributed by atoms with Crippen LogP contribution in [0.4, 0.5) is 0 Å². The maximum atomic E-state index is 10.5. The Morgan fingerprint density at radius 2 is 2.29 bits per heavy atom. The molecular formula is C11H15NOS. The number of carbonyl (C=O) groups excluding carboxylic acids is 1. The molecule has 2 atom stereocenters. The number of aldehydes is 1. The number of aromatic nitrogens is 1. The lowest BCUT2D eigenvalue weighted by Crippen LogP contribution is -2.14. The van der Waals surface area contributed by atoms with E-state index in [1.54, 1.807) is 11.3 Å². The lowest BCUT2D eigenvalue weighted by molar-refractivity contribution is 0.111. The van der Waals surface area contributed by atoms with E-state index in [1.165, 1.54) is 30.7 Å². The van der Waals surface area contributed by atoms with Crippen molar-refractivity contribution in [3.8, 4) is 0 Å². The molecule has 1 saturated carbocycles. The zero-order valence-electron chi connectivity index (χ0n) is 8.40. The van der Waals surface area contributed by atoms with Crippen molar-refractivity contribution in [3.63, 3.8) is 0 Å². The number of hydrogen-bond donors (Lipinski definition) is 0. The summed E-state index contributed by atoms with van der Waals surface area (Å²) in [5.74, 6) is 1.33. The maximum Gasteiger partial charge on any atom is 0.169 e. The van der Waals surface area contributed by atoms with Crippen molar-refractivity contribution < 1.29 is 4.79 Å². The third kappa shape index (κ3) is 1.87. The summed E-state index contributed by atoms with van der Waals surface area (Å²) in [5, 5.41) is 3.03. The molecule has 0 bridgehead atoms. The minimum Gasteiger partial charge on any atom is -0.296 e. The van der Waals surface area contributed by atoms with Crippen LogP contribution < -0.4 is 0 Å². The molecule has 2 rings (SSSR count). The van der Waals surface area contributed by atoms with Gasteiger partial charge in [0.1, 0.15) is 5.69 Å². The minimum absolute atomic E-state index is 0.599. The first-order valence-corrected chi connectivity index (χ1v) is 6.10. The molecule has 1 fully saturated rings. The summed E-state index contributed by atoms with van der Waals surface area (Å²) in [6, 6.07) is 0. The van der Waals surface area contributed by atoms with Crippen LogP contribution in [0.15, 0.2) is 5.38 Å². The smallest absolute Gasteiger partial charge is 0.169 e. The Kier molecular flexibility index (Phi) is 2.96. The van der Waals surface area contributed by atoms with Gasteiger partial charge >= 0.3 is 0 Å². The first-order valence-electron chi connectivity index (χ1n) is 5.22. The van der Waals surface area contributed by atoms with Crippen LogP contribution in [0.2, 0.25) is 0 Å². The number of hydrogen-bond acceptors (Lipinski definition) is 3. The lowest BCUT2D eigenvalue weighted by Gasteiger charge is -2.26. The van der Waals surface area contributed by atoms with Crippen molar-refractivity contribution >= 4 is 17.6 Å². The monoisotopic (exact) mass is 209 g/mol. The second-order valence-electron chi connectivity index (χ2n) is 4.10. The van der Waals surface area contributed by atoms with Crippen LogP contribution in [0.5, 0.6) is 0 Å². The highest BCUT2D eigenvalue weighted by Gasteiger charge is 2.25. The molecule has 1 aromatic rings. The molecule has 76 valence electrons. The Balaban J connectivity index is 2.16. The van der Waals surface area contributed by atoms with Crippen molar-refractivity contribution in [2.24, 2.45) is 5.92 Å². The summed E-state index contributed by atoms with van der Waals surface area (Å²) in [5.41, 5.74) is 0.600. The van der Waals surface area contributed by atoms with E-state index in [2.05, 4.69) is 11.9 Å². The van der Waals surface area contributed by atoms with Crippen molar-refractivity contribution in [2.75, 3.05) is 0 Å². The normalized spacial score (nSPS) is 27.5. The zero-order chi connectivity index (χ0) is 9.97. The van der Waals surface area contributed by atoms with Crippen LogP contribution in [0.25, 0.3) is 0 Å². The quantitative estimate of drug-likeness (QED) is 0.700. The molecule has 14 heavy (non-hydrogen) atoms. The number of thiazole rings is 1. The highest BCUT2D eigenvalue weighted by molar-refractivity contribution is 7.09. The van der Waals surface area contributed by atoms with Crippen molar-refractivity contribution in [3.05, 3.63) is 16.1 Å². The van der Waals surface area contributed by atoms with Crippen molar-refractivity contribution in [1.29, 1.82) is 0 Å². The molecule has 0 N–H and O–H groups in total. The van der Waals surface area contributed by atoms with E-state index in [9.17, 15) is 4.79 Å². The highest BCUT2D eigenvalue weighted by Crippen LogP contribution is 2.38. The van der Waals surface area contributed by atoms with Crippen LogP contribution in [-0.4, -0.2) is 11.3 Å². The van der Waals surface area contributed by atoms with E-state index >= 15 is 0 Å². The van der Waals surface area contributed by atoms with Crippen LogP contribution in [0, 0.1) is 5.92 Å². The second-order valence-corrected chi connectivity index (χ2v) is 4.99. The fraction of sp³-hybridized carbons (Fsp3) is 0.636. The summed E-state index contributed by atoms with van der Waals surface area (Å²) in [7, 11) is 0. The SMILES string of the molecule is CC1CCCCC1c1nc(C=O)cs1. The van der Waals surface area contributed by atoms with Gasteiger partial charge in [0, 0.05) is 11.3 Å². The Morgan fingerprint density at radius 1 is 1.50 bits per heavy atom. The van der Waals surface area contributed by atoms with E-state index in [1.807, 2.05) is 5.38 Å². The van der Waals surface area contributed by atoms with Gasteiger partial charge in [-0.1, -0.05) is 26.2 Å². The molecule has 0 saturated heterocycles. The van der Waals surface area contributed by atoms with Gasteiger partial charge in [0.15, 0.2) is 6.29 Å². The number of rotatable bonds is 2. The molecule has 2 nitrogen and oxygen atoms in total. The average Bonchev–Trinajstić information content (AvgIpc) is 2.67. The molecule has 1 aliphatic carbocycles. The summed E-state index contributed by atoms with van der Waals surface area (Å²) >= 11 is 1.64. The predicted molar refractivity (Wildman–Crippen MR) is 57.9 cm³/mol. The van der Waals surface area contributed by atoms with Crippen LogP contribution in [-0.2, 0) is 0 Å². The molecule has 1 aliphatic rings. The van der Waals surface area contributed by atoms with Gasteiger partial charge in [0.2, 0.25) is 0 Å². The molecule has 1 heterocycles. The minimum atomic E-state index is 0.599. The average molecular weight is 209 g/mol. The molecular weight excluding hydrogens is 194 g/mol. The van der Waals surface area contributed by atoms with Gasteiger partial charge in [-0.05, 0) is 12.3 Å². The van der Waals surface area contributed by atoms with Gasteiger partial charge in [-0.25, -0.2) is 4.98 Å². The number of nitrogens with zero attached hydrogens (tertiary/aromatic N) is 1. The van der Waals surface area contributed by atoms with Gasteiger partial charge in [0.25, 0.3) is 0 Å². The standard InChI is InChI=1S/C11H15NOS/c1-8-4-2-3-5-10(8)11-12-9(6-13)7-14-11/h6-8,10H,2-5H2,1H3. The Morgan fingerprint density at radius 3 is 2.93 bits per heavy atom. The predicted octanol–water partition coefficient (Wildman–Crippen LogP) is 3.25. The highest BCUT2D eigenvalue weighted by atomic mass is 32.1. The van der Waals surface area contributed by atoms with Gasteiger partial charge in [0.05, 0.1) is 5.01 Å². The fourth-order valence-electron chi connectivity index (χ4n) is 2.21. The van der Waals surface area contributed by atoms with Gasteiger partial charge in [-0.2, -0.15) is 0 Å². The van der Waals surface area contributed by atoms with E-state index in [4.69, 9.17) is 0 Å². The molecule has 1 aromatic heterocycles. The molecule has 0 spiro atoms. The molecule has 0 radical (unpaired) electrons. The van der Waals surface area contributed by atoms with Crippen molar-refractivity contribution in [2.45, 2.75) is 38.5 Å². The Labute approximate surface area is 88.4 Å². The zero-order valence-corrected chi connectivity index (χ0v) is 9.22. The summed E-state index contributed by atoms with van der Waals surface area (Å²) < 4.78 is 0. The first-order chi connectivity index (χ1) is 6.81. The van der Waals surface area contributed by atoms with E-state index in [0.717, 1.165) is 12.2 Å². The summed E-state index contributed by atoms with van der Waals surface area (Å²) in [6.07, 6.45) is 6.05. The van der Waals surface area contributed by atoms with E-state index in [0.29, 0.717) is 11.6 Å². The Bertz CT molecular complexity index is 321. The lowest BCUT2D eigenvalue weighted by atomic mass is 9.81. The third-order valence-corrected chi connectivity index (χ3v) is 4.08. The van der Waals surface area contributed by atoms with Gasteiger partial charge in [-0.15, -0.1) is 11.3 Å². The fourth-order valence-corrected chi connectivity index (χ4v) is 3.24. The molecule has 2 unspecified atom stereocenters. The van der Waals surface area contributed by atoms with Crippen LogP contribution in [0.3, 0.4) is 0 Å². The van der Waals surface area contributed by atoms with E-state index in [-0.39, 0.29) is 0 Å². The molecule has 3 heteroatoms. The molecule has 0 aromatic carbocycles. The van der Waals surface area contributed by atoms with E-state index < -0.39 is 0 Å². The third-order valence-electron chi connectivity index (χ3n) is 3.09.